The van der Waals surface area contributed by atoms with E-state index in [-0.39, 0.29) is 68.9 Å². The third-order valence-electron chi connectivity index (χ3n) is 0. The maximum atomic E-state index is 8.38. The van der Waals surface area contributed by atoms with E-state index in [1.165, 1.54) is 0 Å². The van der Waals surface area contributed by atoms with Gasteiger partial charge in [-0.15, -0.1) is 0 Å². The molecular formula is H6BiOSbZn. The van der Waals surface area contributed by atoms with E-state index >= 15 is 0 Å². The molecule has 0 bridgehead atoms. The predicted molar refractivity (Wildman–Crippen MR) is 20.6 cm³/mol. The fourth-order valence-corrected chi connectivity index (χ4v) is 0. The molecule has 0 aromatic rings. The Labute approximate surface area is 71.4 Å². The van der Waals surface area contributed by atoms with Crippen LogP contribution in [0.5, 0.6) is 0 Å². The van der Waals surface area contributed by atoms with Crippen LogP contribution in [-0.2, 0) is 21.8 Å². The van der Waals surface area contributed by atoms with Crippen LogP contribution >= 0.6 is 0 Å². The second kappa shape index (κ2) is 19.3. The van der Waals surface area contributed by atoms with E-state index in [1.807, 2.05) is 0 Å². The van der Waals surface area contributed by atoms with Crippen molar-refractivity contribution in [3.8, 4) is 0 Å². The van der Waals surface area contributed by atoms with Crippen molar-refractivity contribution in [2.75, 3.05) is 0 Å². The van der Waals surface area contributed by atoms with Gasteiger partial charge >= 0.3 is 72.5 Å². The van der Waals surface area contributed by atoms with Crippen LogP contribution in [0.4, 0.5) is 0 Å². The molecule has 0 radical (unpaired) electrons. The van der Waals surface area contributed by atoms with Crippen molar-refractivity contribution in [3.63, 3.8) is 0 Å². The Morgan fingerprint density at radius 3 is 1.25 bits per heavy atom. The van der Waals surface area contributed by atoms with Crippen molar-refractivity contribution < 1.29 is 21.8 Å². The molecule has 0 rings (SSSR count). The van der Waals surface area contributed by atoms with E-state index in [1.54, 1.807) is 0 Å². The molecule has 0 aliphatic carbocycles. The van der Waals surface area contributed by atoms with Crippen LogP contribution in [0.2, 0.25) is 0 Å². The zero-order chi connectivity index (χ0) is 2.00. The van der Waals surface area contributed by atoms with Crippen LogP contribution in [0.25, 0.3) is 0 Å². The van der Waals surface area contributed by atoms with Gasteiger partial charge in [-0.3, -0.25) is 0 Å². The molecule has 0 saturated heterocycles. The molecule has 24 valence electrons. The first-order valence-electron chi connectivity index (χ1n) is 0.289. The molecule has 0 aromatic heterocycles. The quantitative estimate of drug-likeness (QED) is 0.398. The summed E-state index contributed by atoms with van der Waals surface area (Å²) < 4.78 is 8.38. The van der Waals surface area contributed by atoms with E-state index in [4.69, 9.17) is 3.57 Å². The normalized spacial score (nSPS) is 1.50. The Kier molecular flexibility index (Phi) is 79.5. The summed E-state index contributed by atoms with van der Waals surface area (Å²) in [5.74, 6) is 0. The van der Waals surface area contributed by atoms with Crippen molar-refractivity contribution >= 4 is 50.6 Å². The molecule has 0 fully saturated rings. The van der Waals surface area contributed by atoms with Gasteiger partial charge in [-0.25, -0.2) is 0 Å². The Morgan fingerprint density at radius 1 is 1.25 bits per heavy atom. The number of rotatable bonds is 0. The van der Waals surface area contributed by atoms with E-state index in [0.717, 1.165) is 0 Å². The summed E-state index contributed by atoms with van der Waals surface area (Å²) in [6, 6.07) is 0. The molecule has 4 heteroatoms. The molecule has 0 spiro atoms. The van der Waals surface area contributed by atoms with E-state index < -0.39 is 0 Å². The van der Waals surface area contributed by atoms with Crippen molar-refractivity contribution in [1.82, 2.24) is 0 Å². The average Bonchev–Trinajstić information content (AvgIpc) is 1.00. The minimum atomic E-state index is 0. The fourth-order valence-electron chi connectivity index (χ4n) is 0. The van der Waals surface area contributed by atoms with Gasteiger partial charge in [0.1, 0.15) is 0 Å². The summed E-state index contributed by atoms with van der Waals surface area (Å²) >= 11 is 0.125. The van der Waals surface area contributed by atoms with Gasteiger partial charge in [0.25, 0.3) is 0 Å². The standard InChI is InChI=1S/Bi.O.Sb.Zn.6H. The van der Waals surface area contributed by atoms with Crippen LogP contribution < -0.4 is 0 Å². The second-order valence-electron chi connectivity index (χ2n) is 0. The van der Waals surface area contributed by atoms with Crippen molar-refractivity contribution in [1.29, 1.82) is 0 Å². The van der Waals surface area contributed by atoms with E-state index in [0.29, 0.717) is 0 Å². The van der Waals surface area contributed by atoms with Crippen LogP contribution in [0, 0.1) is 0 Å². The molecule has 0 N–H and O–H groups in total. The third kappa shape index (κ3) is 8.92. The average molecular weight is 418 g/mol. The number of hydrogen-bond donors (Lipinski definition) is 0. The van der Waals surface area contributed by atoms with Gasteiger partial charge in [-0.1, -0.05) is 0 Å². The van der Waals surface area contributed by atoms with Gasteiger partial charge in [-0.2, -0.15) is 0 Å². The predicted octanol–water partition coefficient (Wildman–Crippen LogP) is -2.49. The Hall–Kier alpha value is 2.12. The first-order chi connectivity index (χ1) is 1.00. The summed E-state index contributed by atoms with van der Waals surface area (Å²) in [6.07, 6.45) is 0. The van der Waals surface area contributed by atoms with Crippen LogP contribution in [0.3, 0.4) is 0 Å². The van der Waals surface area contributed by atoms with E-state index in [2.05, 4.69) is 0 Å². The molecule has 0 heterocycles. The summed E-state index contributed by atoms with van der Waals surface area (Å²) in [7, 11) is 0. The van der Waals surface area contributed by atoms with Crippen LogP contribution in [0.1, 0.15) is 0 Å². The molecule has 0 unspecified atom stereocenters. The van der Waals surface area contributed by atoms with Crippen molar-refractivity contribution in [2.45, 2.75) is 0 Å². The van der Waals surface area contributed by atoms with Gasteiger partial charge < -0.3 is 0 Å². The Balaban J connectivity index is -0.00000000500. The van der Waals surface area contributed by atoms with Crippen molar-refractivity contribution in [2.24, 2.45) is 0 Å². The molecule has 1 nitrogen and oxygen atoms in total. The summed E-state index contributed by atoms with van der Waals surface area (Å²) in [4.78, 5) is 0. The summed E-state index contributed by atoms with van der Waals surface area (Å²) in [5, 5.41) is 0. The Bertz CT molecular complexity index is 8.00. The molecule has 0 aliphatic rings. The Morgan fingerprint density at radius 2 is 1.25 bits per heavy atom. The molecule has 0 atom stereocenters. The van der Waals surface area contributed by atoms with Gasteiger partial charge in [0.15, 0.2) is 0 Å². The topological polar surface area (TPSA) is 17.1 Å². The monoisotopic (exact) mass is 416 g/mol. The molecular weight excluding hydrogens is 412 g/mol. The number of hydrogen-bond acceptors (Lipinski definition) is 1. The van der Waals surface area contributed by atoms with Gasteiger partial charge in [0.2, 0.25) is 0 Å². The van der Waals surface area contributed by atoms with Gasteiger partial charge in [0.05, 0.1) is 0 Å². The second-order valence-corrected chi connectivity index (χ2v) is 0. The third-order valence-corrected chi connectivity index (χ3v) is 0. The van der Waals surface area contributed by atoms with Crippen LogP contribution in [-0.4, -0.2) is 50.6 Å². The minimum absolute atomic E-state index is 0. The molecule has 0 aliphatic heterocycles. The fraction of sp³-hybridized carbons (Fsp3) is 0. The molecule has 0 aromatic carbocycles. The van der Waals surface area contributed by atoms with Crippen molar-refractivity contribution in [3.05, 3.63) is 0 Å². The van der Waals surface area contributed by atoms with Crippen LogP contribution in [0.15, 0.2) is 0 Å². The maximum absolute atomic E-state index is 8.38. The summed E-state index contributed by atoms with van der Waals surface area (Å²) in [5.41, 5.74) is 0. The van der Waals surface area contributed by atoms with Gasteiger partial charge in [-0.05, 0) is 0 Å². The van der Waals surface area contributed by atoms with Gasteiger partial charge in [0, 0.05) is 0 Å². The first-order valence-corrected chi connectivity index (χ1v) is 1.50. The zero-order valence-electron chi connectivity index (χ0n) is 2.53. The molecule has 0 amide bonds. The molecule has 4 heavy (non-hydrogen) atoms. The zero-order valence-corrected chi connectivity index (χ0v) is 15.0. The first kappa shape index (κ1) is 16.5. The molecule has 0 saturated carbocycles. The summed E-state index contributed by atoms with van der Waals surface area (Å²) in [6.45, 7) is 0. The SMILES string of the molecule is [BiH3].[O]=[Zn].[SbH3]. The van der Waals surface area contributed by atoms with E-state index in [9.17, 15) is 0 Å².